The van der Waals surface area contributed by atoms with E-state index in [1.165, 1.54) is 51.4 Å². The van der Waals surface area contributed by atoms with Gasteiger partial charge in [0.1, 0.15) is 5.78 Å². The number of Topliss-reactive ketones (excluding diaryl/α,β-unsaturated/α-hetero) is 1. The van der Waals surface area contributed by atoms with E-state index in [1.807, 2.05) is 6.92 Å². The largest absolute Gasteiger partial charge is 0.392 e. The summed E-state index contributed by atoms with van der Waals surface area (Å²) in [6.45, 7) is 4.11. The van der Waals surface area contributed by atoms with Crippen molar-refractivity contribution in [3.05, 3.63) is 0 Å². The molecule has 194 valence electrons. The first-order valence-corrected chi connectivity index (χ1v) is 14.0. The van der Waals surface area contributed by atoms with Gasteiger partial charge >= 0.3 is 0 Å². The number of hydrogen-bond acceptors (Lipinski definition) is 6. The summed E-state index contributed by atoms with van der Waals surface area (Å²) in [6.07, 6.45) is 12.1. The molecule has 4 aliphatic carbocycles. The molecule has 0 aromatic rings. The Hall–Kier alpha value is -0.530. The first-order chi connectivity index (χ1) is 16.4. The number of carbonyl (C=O) groups excluding carboxylic acids is 1. The molecule has 2 aliphatic heterocycles. The van der Waals surface area contributed by atoms with E-state index in [2.05, 4.69) is 6.92 Å². The highest BCUT2D eigenvalue weighted by atomic mass is 16.7. The van der Waals surface area contributed by atoms with Gasteiger partial charge in [0.05, 0.1) is 24.2 Å². The van der Waals surface area contributed by atoms with Crippen molar-refractivity contribution in [2.24, 2.45) is 47.3 Å². The van der Waals surface area contributed by atoms with Crippen molar-refractivity contribution in [2.75, 3.05) is 14.2 Å². The Morgan fingerprint density at radius 3 is 2.09 bits per heavy atom. The molecule has 0 aromatic heterocycles. The Bertz CT molecular complexity index is 713. The van der Waals surface area contributed by atoms with E-state index in [-0.39, 0.29) is 36.8 Å². The SMILES string of the molecule is COC1OC(C)C2C(=O)C3CCCCC3CC12.COC1OC(C)C2C(O)C3CCCCC3CC12. The van der Waals surface area contributed by atoms with Crippen LogP contribution in [0.1, 0.15) is 78.1 Å². The van der Waals surface area contributed by atoms with Gasteiger partial charge < -0.3 is 24.1 Å². The molecule has 0 bridgehead atoms. The van der Waals surface area contributed by atoms with E-state index in [0.717, 1.165) is 12.8 Å². The molecule has 6 fully saturated rings. The Labute approximate surface area is 205 Å². The Morgan fingerprint density at radius 2 is 1.35 bits per heavy atom. The lowest BCUT2D eigenvalue weighted by Gasteiger charge is -2.45. The predicted molar refractivity (Wildman–Crippen MR) is 128 cm³/mol. The number of methoxy groups -OCH3 is 2. The zero-order chi connectivity index (χ0) is 24.0. The molecule has 0 spiro atoms. The van der Waals surface area contributed by atoms with Gasteiger partial charge in [-0.25, -0.2) is 0 Å². The second kappa shape index (κ2) is 10.5. The zero-order valence-corrected chi connectivity index (χ0v) is 21.6. The molecule has 4 saturated carbocycles. The average molecular weight is 479 g/mol. The third kappa shape index (κ3) is 4.40. The second-order valence-electron chi connectivity index (χ2n) is 12.0. The van der Waals surface area contributed by atoms with Crippen molar-refractivity contribution < 1.29 is 28.8 Å². The maximum absolute atomic E-state index is 12.6. The van der Waals surface area contributed by atoms with E-state index in [1.54, 1.807) is 14.2 Å². The van der Waals surface area contributed by atoms with E-state index < -0.39 is 0 Å². The third-order valence-electron chi connectivity index (χ3n) is 10.4. The van der Waals surface area contributed by atoms with Crippen molar-refractivity contribution >= 4 is 5.78 Å². The van der Waals surface area contributed by atoms with Crippen LogP contribution in [-0.4, -0.2) is 56.0 Å². The summed E-state index contributed by atoms with van der Waals surface area (Å²) in [7, 11) is 3.41. The van der Waals surface area contributed by atoms with Crippen LogP contribution < -0.4 is 0 Å². The normalized spacial score (nSPS) is 52.0. The maximum Gasteiger partial charge on any atom is 0.161 e. The molecule has 1 N–H and O–H groups in total. The summed E-state index contributed by atoms with van der Waals surface area (Å²) in [6, 6.07) is 0. The molecule has 0 aromatic carbocycles. The molecule has 13 atom stereocenters. The molecule has 13 unspecified atom stereocenters. The fraction of sp³-hybridized carbons (Fsp3) is 0.964. The Kier molecular flexibility index (Phi) is 7.73. The highest BCUT2D eigenvalue weighted by molar-refractivity contribution is 5.85. The minimum Gasteiger partial charge on any atom is -0.392 e. The number of ether oxygens (including phenoxy) is 4. The van der Waals surface area contributed by atoms with Gasteiger partial charge in [0.15, 0.2) is 12.6 Å². The van der Waals surface area contributed by atoms with Crippen LogP contribution in [-0.2, 0) is 23.7 Å². The number of aliphatic hydroxyl groups is 1. The smallest absolute Gasteiger partial charge is 0.161 e. The topological polar surface area (TPSA) is 74.2 Å². The van der Waals surface area contributed by atoms with Gasteiger partial charge in [-0.05, 0) is 63.7 Å². The van der Waals surface area contributed by atoms with Crippen molar-refractivity contribution in [1.82, 2.24) is 0 Å². The van der Waals surface area contributed by atoms with E-state index in [0.29, 0.717) is 47.2 Å². The minimum atomic E-state index is -0.172. The molecule has 34 heavy (non-hydrogen) atoms. The summed E-state index contributed by atoms with van der Waals surface area (Å²) in [4.78, 5) is 12.6. The van der Waals surface area contributed by atoms with Crippen molar-refractivity contribution in [3.8, 4) is 0 Å². The summed E-state index contributed by atoms with van der Waals surface area (Å²) >= 11 is 0. The summed E-state index contributed by atoms with van der Waals surface area (Å²) in [5.74, 6) is 3.72. The third-order valence-corrected chi connectivity index (χ3v) is 10.4. The van der Waals surface area contributed by atoms with Crippen LogP contribution in [0.4, 0.5) is 0 Å². The van der Waals surface area contributed by atoms with Gasteiger partial charge in [-0.15, -0.1) is 0 Å². The quantitative estimate of drug-likeness (QED) is 0.627. The van der Waals surface area contributed by atoms with E-state index in [4.69, 9.17) is 18.9 Å². The molecule has 6 nitrogen and oxygen atoms in total. The van der Waals surface area contributed by atoms with Crippen LogP contribution in [0.15, 0.2) is 0 Å². The lowest BCUT2D eigenvalue weighted by atomic mass is 9.61. The summed E-state index contributed by atoms with van der Waals surface area (Å²) < 4.78 is 22.5. The molecule has 0 amide bonds. The molecular formula is C28H46O6. The molecule has 2 saturated heterocycles. The van der Waals surface area contributed by atoms with Crippen molar-refractivity contribution in [3.63, 3.8) is 0 Å². The summed E-state index contributed by atoms with van der Waals surface area (Å²) in [5.41, 5.74) is 0. The van der Waals surface area contributed by atoms with E-state index >= 15 is 0 Å². The first-order valence-electron chi connectivity index (χ1n) is 14.0. The number of rotatable bonds is 2. The van der Waals surface area contributed by atoms with Crippen molar-refractivity contribution in [1.29, 1.82) is 0 Å². The van der Waals surface area contributed by atoms with Crippen LogP contribution in [0, 0.1) is 47.3 Å². The standard InChI is InChI=1S/C14H24O3.C14H22O3/c2*1-8-12-11(14(16-2)17-8)7-9-5-3-4-6-10(9)13(12)15/h8-15H,3-7H2,1-2H3;8-12,14H,3-7H2,1-2H3. The van der Waals surface area contributed by atoms with E-state index in [9.17, 15) is 9.90 Å². The highest BCUT2D eigenvalue weighted by Gasteiger charge is 2.55. The second-order valence-corrected chi connectivity index (χ2v) is 12.0. The van der Waals surface area contributed by atoms with Crippen molar-refractivity contribution in [2.45, 2.75) is 109 Å². The average Bonchev–Trinajstić information content (AvgIpc) is 3.35. The van der Waals surface area contributed by atoms with Crippen LogP contribution in [0.5, 0.6) is 0 Å². The number of fused-ring (bicyclic) bond motifs is 4. The molecule has 6 rings (SSSR count). The Morgan fingerprint density at radius 1 is 0.765 bits per heavy atom. The lowest BCUT2D eigenvalue weighted by Crippen LogP contribution is -2.47. The monoisotopic (exact) mass is 478 g/mol. The van der Waals surface area contributed by atoms with Gasteiger partial charge in [0.25, 0.3) is 0 Å². The van der Waals surface area contributed by atoms with Gasteiger partial charge in [-0.2, -0.15) is 0 Å². The molecule has 0 radical (unpaired) electrons. The zero-order valence-electron chi connectivity index (χ0n) is 21.6. The first kappa shape index (κ1) is 25.1. The number of carbonyl (C=O) groups is 1. The van der Waals surface area contributed by atoms with Crippen LogP contribution in [0.3, 0.4) is 0 Å². The highest BCUT2D eigenvalue weighted by Crippen LogP contribution is 2.52. The van der Waals surface area contributed by atoms with Gasteiger partial charge in [-0.1, -0.05) is 32.1 Å². The van der Waals surface area contributed by atoms with Gasteiger partial charge in [0.2, 0.25) is 0 Å². The predicted octanol–water partition coefficient (Wildman–Crippen LogP) is 4.57. The lowest BCUT2D eigenvalue weighted by molar-refractivity contribution is -0.140. The minimum absolute atomic E-state index is 0.0420. The van der Waals surface area contributed by atoms with Crippen LogP contribution >= 0.6 is 0 Å². The van der Waals surface area contributed by atoms with Crippen LogP contribution in [0.25, 0.3) is 0 Å². The number of aliphatic hydroxyl groups excluding tert-OH is 1. The Balaban J connectivity index is 0.000000142. The van der Waals surface area contributed by atoms with Gasteiger partial charge in [-0.3, -0.25) is 4.79 Å². The summed E-state index contributed by atoms with van der Waals surface area (Å²) in [5, 5.41) is 10.6. The molecular weight excluding hydrogens is 432 g/mol. The molecule has 2 heterocycles. The maximum atomic E-state index is 12.6. The molecule has 6 aliphatic rings. The molecule has 6 heteroatoms. The van der Waals surface area contributed by atoms with Crippen LogP contribution in [0.2, 0.25) is 0 Å². The fourth-order valence-electron chi connectivity index (χ4n) is 8.88. The number of ketones is 1. The fourth-order valence-corrected chi connectivity index (χ4v) is 8.88. The van der Waals surface area contributed by atoms with Gasteiger partial charge in [0, 0.05) is 37.9 Å². The number of hydrogen-bond donors (Lipinski definition) is 1.